The Morgan fingerprint density at radius 2 is 1.89 bits per heavy atom. The van der Waals surface area contributed by atoms with Crippen molar-refractivity contribution in [2.75, 3.05) is 20.2 Å². The molecule has 2 aliphatic heterocycles. The zero-order valence-electron chi connectivity index (χ0n) is 19.7. The summed E-state index contributed by atoms with van der Waals surface area (Å²) in [5.74, 6) is -0.285. The molecular weight excluding hydrogens is 462 g/mol. The van der Waals surface area contributed by atoms with Crippen LogP contribution in [0.2, 0.25) is 0 Å². The Balaban J connectivity index is 1.48. The summed E-state index contributed by atoms with van der Waals surface area (Å²) in [5.41, 5.74) is 1.39. The number of rotatable bonds is 7. The van der Waals surface area contributed by atoms with E-state index in [0.29, 0.717) is 23.2 Å². The number of Topliss-reactive ketones (excluding diaryl/α,β-unsaturated/α-hetero) is 1. The molecule has 8 heteroatoms. The molecule has 0 bridgehead atoms. The van der Waals surface area contributed by atoms with E-state index >= 15 is 0 Å². The van der Waals surface area contributed by atoms with Gasteiger partial charge in [0.2, 0.25) is 5.91 Å². The largest absolute Gasteiger partial charge is 0.375 e. The van der Waals surface area contributed by atoms with Crippen LogP contribution in [0.15, 0.2) is 64.3 Å². The van der Waals surface area contributed by atoms with Crippen LogP contribution in [0.5, 0.6) is 0 Å². The van der Waals surface area contributed by atoms with Gasteiger partial charge in [0.15, 0.2) is 5.78 Å². The molecule has 1 saturated heterocycles. The summed E-state index contributed by atoms with van der Waals surface area (Å²) in [4.78, 5) is 40.7. The molecule has 2 aromatic carbocycles. The molecule has 2 aliphatic rings. The van der Waals surface area contributed by atoms with Crippen LogP contribution in [0.3, 0.4) is 0 Å². The van der Waals surface area contributed by atoms with Crippen LogP contribution in [-0.4, -0.2) is 47.7 Å². The first-order chi connectivity index (χ1) is 17.1. The Hall–Kier alpha value is -2.94. The predicted octanol–water partition coefficient (Wildman–Crippen LogP) is 3.30. The van der Waals surface area contributed by atoms with Gasteiger partial charge in [-0.05, 0) is 25.5 Å². The summed E-state index contributed by atoms with van der Waals surface area (Å²) < 4.78 is 7.26. The van der Waals surface area contributed by atoms with Gasteiger partial charge in [-0.2, -0.15) is 0 Å². The standard InChI is InChI=1S/C27H29N3O4S/c1-34-23-22-24(35-25(23)26(32)29-15-18-11-7-8-14-28-18)19-12-5-6-13-20(19)30(27(22)33)16-21(31)17-9-3-2-4-10-17/h2-6,9-10,12-13,18,23,25,28H,7-8,11,14-16H2,1H3,(H,29,32)/t18-,23?,25?/m1/s1. The Bertz CT molecular complexity index is 1300. The normalized spacial score (nSPS) is 21.6. The van der Waals surface area contributed by atoms with E-state index < -0.39 is 11.4 Å². The zero-order valence-corrected chi connectivity index (χ0v) is 20.5. The lowest BCUT2D eigenvalue weighted by molar-refractivity contribution is -0.122. The molecule has 0 saturated carbocycles. The van der Waals surface area contributed by atoms with Gasteiger partial charge in [-0.1, -0.05) is 55.0 Å². The molecule has 0 spiro atoms. The minimum absolute atomic E-state index is 0.0814. The molecule has 2 unspecified atom stereocenters. The molecule has 3 atom stereocenters. The van der Waals surface area contributed by atoms with Crippen molar-refractivity contribution in [1.29, 1.82) is 0 Å². The van der Waals surface area contributed by atoms with E-state index in [4.69, 9.17) is 4.74 Å². The van der Waals surface area contributed by atoms with Crippen molar-refractivity contribution in [3.8, 4) is 0 Å². The van der Waals surface area contributed by atoms with Crippen LogP contribution >= 0.6 is 11.8 Å². The minimum Gasteiger partial charge on any atom is -0.375 e. The summed E-state index contributed by atoms with van der Waals surface area (Å²) in [6, 6.07) is 16.8. The number of hydrogen-bond donors (Lipinski definition) is 2. The Morgan fingerprint density at radius 1 is 1.11 bits per heavy atom. The molecule has 0 radical (unpaired) electrons. The summed E-state index contributed by atoms with van der Waals surface area (Å²) in [7, 11) is 1.53. The van der Waals surface area contributed by atoms with Gasteiger partial charge >= 0.3 is 0 Å². The van der Waals surface area contributed by atoms with Crippen molar-refractivity contribution in [2.45, 2.75) is 48.1 Å². The molecule has 5 rings (SSSR count). The maximum absolute atomic E-state index is 13.8. The highest BCUT2D eigenvalue weighted by molar-refractivity contribution is 8.01. The van der Waals surface area contributed by atoms with E-state index in [1.807, 2.05) is 30.3 Å². The second kappa shape index (κ2) is 10.4. The third kappa shape index (κ3) is 4.66. The molecule has 35 heavy (non-hydrogen) atoms. The number of pyridine rings is 1. The maximum atomic E-state index is 13.8. The third-order valence-electron chi connectivity index (χ3n) is 6.81. The fraction of sp³-hybridized carbons (Fsp3) is 0.370. The van der Waals surface area contributed by atoms with Gasteiger partial charge in [0.1, 0.15) is 11.4 Å². The molecule has 3 aromatic rings. The fourth-order valence-corrected chi connectivity index (χ4v) is 6.43. The van der Waals surface area contributed by atoms with E-state index in [-0.39, 0.29) is 29.8 Å². The molecule has 7 nitrogen and oxygen atoms in total. The predicted molar refractivity (Wildman–Crippen MR) is 137 cm³/mol. The number of methoxy groups -OCH3 is 1. The number of amides is 1. The maximum Gasteiger partial charge on any atom is 0.258 e. The number of carbonyl (C=O) groups is 2. The molecule has 3 heterocycles. The van der Waals surface area contributed by atoms with Gasteiger partial charge in [-0.25, -0.2) is 0 Å². The smallest absolute Gasteiger partial charge is 0.258 e. The van der Waals surface area contributed by atoms with Crippen molar-refractivity contribution < 1.29 is 14.3 Å². The number of nitrogens with one attached hydrogen (secondary N) is 2. The number of ether oxygens (including phenoxy) is 1. The van der Waals surface area contributed by atoms with E-state index in [9.17, 15) is 14.4 Å². The highest BCUT2D eigenvalue weighted by Crippen LogP contribution is 2.47. The number of nitrogens with zero attached hydrogens (tertiary/aromatic N) is 1. The lowest BCUT2D eigenvalue weighted by Crippen LogP contribution is -2.46. The van der Waals surface area contributed by atoms with E-state index in [0.717, 1.165) is 36.1 Å². The van der Waals surface area contributed by atoms with Crippen LogP contribution < -0.4 is 16.2 Å². The van der Waals surface area contributed by atoms with Crippen LogP contribution in [0, 0.1) is 0 Å². The number of carbonyl (C=O) groups excluding carboxylic acids is 2. The quantitative estimate of drug-likeness (QED) is 0.493. The first-order valence-corrected chi connectivity index (χ1v) is 12.9. The average Bonchev–Trinajstić information content (AvgIpc) is 3.31. The molecule has 182 valence electrons. The van der Waals surface area contributed by atoms with E-state index in [1.165, 1.54) is 23.4 Å². The number of ketones is 1. The third-order valence-corrected chi connectivity index (χ3v) is 8.20. The lowest BCUT2D eigenvalue weighted by atomic mass is 10.0. The minimum atomic E-state index is -0.690. The summed E-state index contributed by atoms with van der Waals surface area (Å²) in [5, 5.41) is 6.78. The summed E-state index contributed by atoms with van der Waals surface area (Å²) in [6.07, 6.45) is 2.67. The lowest BCUT2D eigenvalue weighted by Gasteiger charge is -2.25. The first kappa shape index (κ1) is 23.8. The molecule has 1 fully saturated rings. The van der Waals surface area contributed by atoms with Crippen LogP contribution in [0.1, 0.15) is 41.3 Å². The molecular formula is C27H29N3O4S. The summed E-state index contributed by atoms with van der Waals surface area (Å²) in [6.45, 7) is 1.44. The molecule has 1 amide bonds. The van der Waals surface area contributed by atoms with Crippen molar-refractivity contribution >= 4 is 34.4 Å². The van der Waals surface area contributed by atoms with Gasteiger partial charge in [0, 0.05) is 35.5 Å². The van der Waals surface area contributed by atoms with E-state index in [2.05, 4.69) is 10.6 Å². The Labute approximate surface area is 208 Å². The van der Waals surface area contributed by atoms with Gasteiger partial charge < -0.3 is 19.9 Å². The van der Waals surface area contributed by atoms with Crippen LogP contribution in [0.4, 0.5) is 0 Å². The highest BCUT2D eigenvalue weighted by atomic mass is 32.2. The SMILES string of the molecule is COC1c2c(c3ccccc3n(CC(=O)c3ccccc3)c2=O)SC1C(=O)NC[C@H]1CCCCN1. The van der Waals surface area contributed by atoms with Gasteiger partial charge in [0.05, 0.1) is 17.6 Å². The number of piperidine rings is 1. The number of fused-ring (bicyclic) bond motifs is 3. The molecule has 1 aromatic heterocycles. The van der Waals surface area contributed by atoms with E-state index in [1.54, 1.807) is 24.3 Å². The first-order valence-electron chi connectivity index (χ1n) is 12.0. The van der Waals surface area contributed by atoms with Crippen molar-refractivity contribution in [2.24, 2.45) is 0 Å². The number of aromatic nitrogens is 1. The second-order valence-electron chi connectivity index (χ2n) is 9.03. The molecule has 0 aliphatic carbocycles. The fourth-order valence-electron chi connectivity index (χ4n) is 4.99. The topological polar surface area (TPSA) is 89.4 Å². The van der Waals surface area contributed by atoms with Crippen LogP contribution in [-0.2, 0) is 16.1 Å². The second-order valence-corrected chi connectivity index (χ2v) is 10.2. The van der Waals surface area contributed by atoms with Gasteiger partial charge in [-0.15, -0.1) is 11.8 Å². The Morgan fingerprint density at radius 3 is 2.63 bits per heavy atom. The Kier molecular flexibility index (Phi) is 7.04. The van der Waals surface area contributed by atoms with Gasteiger partial charge in [0.25, 0.3) is 5.56 Å². The monoisotopic (exact) mass is 491 g/mol. The highest BCUT2D eigenvalue weighted by Gasteiger charge is 2.42. The van der Waals surface area contributed by atoms with Crippen molar-refractivity contribution in [3.63, 3.8) is 0 Å². The number of benzene rings is 2. The molecule has 2 N–H and O–H groups in total. The average molecular weight is 492 g/mol. The van der Waals surface area contributed by atoms with Crippen molar-refractivity contribution in [1.82, 2.24) is 15.2 Å². The zero-order chi connectivity index (χ0) is 24.4. The van der Waals surface area contributed by atoms with Gasteiger partial charge in [-0.3, -0.25) is 14.4 Å². The van der Waals surface area contributed by atoms with Crippen LogP contribution in [0.25, 0.3) is 10.9 Å². The van der Waals surface area contributed by atoms with Crippen molar-refractivity contribution in [3.05, 3.63) is 76.1 Å². The number of hydrogen-bond acceptors (Lipinski definition) is 6. The summed E-state index contributed by atoms with van der Waals surface area (Å²) >= 11 is 1.38. The number of para-hydroxylation sites is 1. The number of thioether (sulfide) groups is 1.